The molecule has 0 saturated carbocycles. The fourth-order valence-corrected chi connectivity index (χ4v) is 2.70. The Morgan fingerprint density at radius 1 is 1.18 bits per heavy atom. The Kier molecular flexibility index (Phi) is 5.27. The highest BCUT2D eigenvalue weighted by Crippen LogP contribution is 2.25. The summed E-state index contributed by atoms with van der Waals surface area (Å²) in [6.07, 6.45) is 2.07. The average Bonchev–Trinajstić information content (AvgIpc) is 2.89. The summed E-state index contributed by atoms with van der Waals surface area (Å²) in [5.74, 6) is 0.191. The molecule has 2 amide bonds. The molecule has 0 aliphatic heterocycles. The lowest BCUT2D eigenvalue weighted by Crippen LogP contribution is -2.14. The summed E-state index contributed by atoms with van der Waals surface area (Å²) in [7, 11) is 0. The van der Waals surface area contributed by atoms with E-state index < -0.39 is 0 Å². The first-order valence-electron chi connectivity index (χ1n) is 7.06. The quantitative estimate of drug-likeness (QED) is 0.888. The predicted octanol–water partition coefficient (Wildman–Crippen LogP) is 3.41. The number of aromatic nitrogens is 1. The van der Waals surface area contributed by atoms with Gasteiger partial charge >= 0.3 is 0 Å². The van der Waals surface area contributed by atoms with E-state index in [2.05, 4.69) is 29.5 Å². The van der Waals surface area contributed by atoms with Crippen molar-refractivity contribution in [1.29, 1.82) is 0 Å². The van der Waals surface area contributed by atoms with Gasteiger partial charge in [0.15, 0.2) is 5.13 Å². The van der Waals surface area contributed by atoms with Crippen molar-refractivity contribution in [3.63, 3.8) is 0 Å². The second kappa shape index (κ2) is 7.17. The molecule has 0 saturated heterocycles. The molecule has 0 bridgehead atoms. The molecule has 0 fully saturated rings. The fourth-order valence-electron chi connectivity index (χ4n) is 1.87. The lowest BCUT2D eigenvalue weighted by Gasteiger charge is -2.05. The number of anilines is 2. The molecule has 116 valence electrons. The highest BCUT2D eigenvalue weighted by Gasteiger charge is 2.09. The number of hydrogen-bond donors (Lipinski definition) is 2. The summed E-state index contributed by atoms with van der Waals surface area (Å²) < 4.78 is 0. The standard InChI is InChI=1S/C16H19N3O2S/c1-10(2)14-9-17-16(22-14)19-15(21)8-12-4-6-13(7-5-12)18-11(3)20/h4-7,9-10H,8H2,1-3H3,(H,18,20)(H,17,19,21). The maximum atomic E-state index is 12.0. The van der Waals surface area contributed by atoms with Crippen molar-refractivity contribution in [3.8, 4) is 0 Å². The van der Waals surface area contributed by atoms with Crippen molar-refractivity contribution in [2.24, 2.45) is 0 Å². The number of rotatable bonds is 5. The van der Waals surface area contributed by atoms with Gasteiger partial charge < -0.3 is 10.6 Å². The Bertz CT molecular complexity index is 662. The molecule has 1 heterocycles. The van der Waals surface area contributed by atoms with Gasteiger partial charge in [-0.05, 0) is 23.6 Å². The number of carbonyl (C=O) groups excluding carboxylic acids is 2. The van der Waals surface area contributed by atoms with Gasteiger partial charge in [-0.25, -0.2) is 4.98 Å². The van der Waals surface area contributed by atoms with Gasteiger partial charge in [0.25, 0.3) is 0 Å². The molecule has 2 N–H and O–H groups in total. The molecular formula is C16H19N3O2S. The van der Waals surface area contributed by atoms with Crippen LogP contribution in [0.2, 0.25) is 0 Å². The summed E-state index contributed by atoms with van der Waals surface area (Å²) in [6.45, 7) is 5.65. The summed E-state index contributed by atoms with van der Waals surface area (Å²) in [5.41, 5.74) is 1.60. The van der Waals surface area contributed by atoms with Gasteiger partial charge in [0.2, 0.25) is 11.8 Å². The number of hydrogen-bond acceptors (Lipinski definition) is 4. The van der Waals surface area contributed by atoms with Crippen LogP contribution < -0.4 is 10.6 Å². The molecule has 22 heavy (non-hydrogen) atoms. The molecule has 2 aromatic rings. The van der Waals surface area contributed by atoms with Crippen molar-refractivity contribution >= 4 is 34.0 Å². The SMILES string of the molecule is CC(=O)Nc1ccc(CC(=O)Nc2ncc(C(C)C)s2)cc1. The van der Waals surface area contributed by atoms with E-state index in [0.29, 0.717) is 11.0 Å². The molecular weight excluding hydrogens is 298 g/mol. The van der Waals surface area contributed by atoms with Crippen molar-refractivity contribution in [3.05, 3.63) is 40.9 Å². The maximum Gasteiger partial charge on any atom is 0.230 e. The van der Waals surface area contributed by atoms with Crippen LogP contribution in [0.25, 0.3) is 0 Å². The smallest absolute Gasteiger partial charge is 0.230 e. The largest absolute Gasteiger partial charge is 0.326 e. The Balaban J connectivity index is 1.92. The Morgan fingerprint density at radius 3 is 2.41 bits per heavy atom. The molecule has 0 aliphatic carbocycles. The van der Waals surface area contributed by atoms with Crippen molar-refractivity contribution in [1.82, 2.24) is 4.98 Å². The summed E-state index contributed by atoms with van der Waals surface area (Å²) in [4.78, 5) is 28.3. The maximum absolute atomic E-state index is 12.0. The van der Waals surface area contributed by atoms with E-state index in [9.17, 15) is 9.59 Å². The molecule has 6 heteroatoms. The number of carbonyl (C=O) groups is 2. The van der Waals surface area contributed by atoms with Crippen molar-refractivity contribution in [2.45, 2.75) is 33.1 Å². The average molecular weight is 317 g/mol. The van der Waals surface area contributed by atoms with E-state index in [4.69, 9.17) is 0 Å². The number of nitrogens with one attached hydrogen (secondary N) is 2. The summed E-state index contributed by atoms with van der Waals surface area (Å²) >= 11 is 1.50. The third-order valence-electron chi connectivity index (χ3n) is 2.98. The first kappa shape index (κ1) is 16.2. The van der Waals surface area contributed by atoms with Crippen molar-refractivity contribution in [2.75, 3.05) is 10.6 Å². The molecule has 0 unspecified atom stereocenters. The van der Waals surface area contributed by atoms with Gasteiger partial charge in [-0.2, -0.15) is 0 Å². The van der Waals surface area contributed by atoms with E-state index in [1.807, 2.05) is 12.1 Å². The number of nitrogens with zero attached hydrogens (tertiary/aromatic N) is 1. The predicted molar refractivity (Wildman–Crippen MR) is 89.3 cm³/mol. The molecule has 2 rings (SSSR count). The van der Waals surface area contributed by atoms with Gasteiger partial charge in [0.1, 0.15) is 0 Å². The van der Waals surface area contributed by atoms with E-state index in [-0.39, 0.29) is 18.2 Å². The van der Waals surface area contributed by atoms with Crippen molar-refractivity contribution < 1.29 is 9.59 Å². The fraction of sp³-hybridized carbons (Fsp3) is 0.312. The summed E-state index contributed by atoms with van der Waals surface area (Å²) in [6, 6.07) is 7.22. The summed E-state index contributed by atoms with van der Waals surface area (Å²) in [5, 5.41) is 6.13. The van der Waals surface area contributed by atoms with Gasteiger partial charge in [0, 0.05) is 23.7 Å². The minimum absolute atomic E-state index is 0.100. The van der Waals surface area contributed by atoms with Crippen LogP contribution in [0.5, 0.6) is 0 Å². The van der Waals surface area contributed by atoms with Crippen LogP contribution >= 0.6 is 11.3 Å². The lowest BCUT2D eigenvalue weighted by atomic mass is 10.1. The second-order valence-corrected chi connectivity index (χ2v) is 6.39. The Morgan fingerprint density at radius 2 is 1.86 bits per heavy atom. The van der Waals surface area contributed by atoms with Crippen LogP contribution in [-0.4, -0.2) is 16.8 Å². The highest BCUT2D eigenvalue weighted by atomic mass is 32.1. The van der Waals surface area contributed by atoms with Crippen LogP contribution in [0.3, 0.4) is 0 Å². The van der Waals surface area contributed by atoms with E-state index >= 15 is 0 Å². The number of thiazole rings is 1. The zero-order valence-corrected chi connectivity index (χ0v) is 13.7. The Labute approximate surface area is 133 Å². The monoisotopic (exact) mass is 317 g/mol. The molecule has 1 aromatic heterocycles. The minimum atomic E-state index is -0.116. The number of amides is 2. The molecule has 0 spiro atoms. The second-order valence-electron chi connectivity index (χ2n) is 5.33. The molecule has 0 atom stereocenters. The van der Waals surface area contributed by atoms with Crippen LogP contribution in [0, 0.1) is 0 Å². The highest BCUT2D eigenvalue weighted by molar-refractivity contribution is 7.15. The van der Waals surface area contributed by atoms with E-state index in [1.165, 1.54) is 18.3 Å². The van der Waals surface area contributed by atoms with Gasteiger partial charge in [0.05, 0.1) is 6.42 Å². The van der Waals surface area contributed by atoms with Gasteiger partial charge in [-0.1, -0.05) is 26.0 Å². The van der Waals surface area contributed by atoms with Crippen LogP contribution in [-0.2, 0) is 16.0 Å². The normalized spacial score (nSPS) is 10.5. The zero-order valence-electron chi connectivity index (χ0n) is 12.8. The third kappa shape index (κ3) is 4.66. The molecule has 1 aromatic carbocycles. The molecule has 5 nitrogen and oxygen atoms in total. The molecule has 0 aliphatic rings. The van der Waals surface area contributed by atoms with Gasteiger partial charge in [-0.15, -0.1) is 11.3 Å². The zero-order chi connectivity index (χ0) is 16.1. The Hall–Kier alpha value is -2.21. The first-order valence-corrected chi connectivity index (χ1v) is 7.88. The number of benzene rings is 1. The van der Waals surface area contributed by atoms with E-state index in [1.54, 1.807) is 18.3 Å². The van der Waals surface area contributed by atoms with Crippen LogP contribution in [0.4, 0.5) is 10.8 Å². The van der Waals surface area contributed by atoms with Crippen LogP contribution in [0.1, 0.15) is 37.1 Å². The third-order valence-corrected chi connectivity index (χ3v) is 4.19. The minimum Gasteiger partial charge on any atom is -0.326 e. The molecule has 0 radical (unpaired) electrons. The first-order chi connectivity index (χ1) is 10.4. The topological polar surface area (TPSA) is 71.1 Å². The van der Waals surface area contributed by atoms with Crippen LogP contribution in [0.15, 0.2) is 30.5 Å². The van der Waals surface area contributed by atoms with E-state index in [0.717, 1.165) is 16.1 Å². The lowest BCUT2D eigenvalue weighted by molar-refractivity contribution is -0.116. The van der Waals surface area contributed by atoms with Gasteiger partial charge in [-0.3, -0.25) is 9.59 Å².